The molecule has 5 rings (SSSR count). The largest absolute Gasteiger partial charge is 0.381 e. The van der Waals surface area contributed by atoms with Crippen LogP contribution in [0.1, 0.15) is 62.0 Å². The van der Waals surface area contributed by atoms with Crippen LogP contribution in [0.25, 0.3) is 0 Å². The van der Waals surface area contributed by atoms with Gasteiger partial charge in [0.2, 0.25) is 5.91 Å². The van der Waals surface area contributed by atoms with Crippen LogP contribution in [0.4, 0.5) is 0 Å². The molecule has 0 bridgehead atoms. The van der Waals surface area contributed by atoms with Crippen LogP contribution in [-0.4, -0.2) is 61.6 Å². The number of amides is 1. The van der Waals surface area contributed by atoms with Crippen molar-refractivity contribution in [3.63, 3.8) is 0 Å². The van der Waals surface area contributed by atoms with Gasteiger partial charge in [0.15, 0.2) is 0 Å². The van der Waals surface area contributed by atoms with E-state index in [1.165, 1.54) is 69.3 Å². The molecule has 1 aromatic carbocycles. The quantitative estimate of drug-likeness (QED) is 0.733. The molecular weight excluding hydrogens is 372 g/mol. The fraction of sp³-hybridized carbons (Fsp3) is 0.731. The highest BCUT2D eigenvalue weighted by molar-refractivity contribution is 5.79. The van der Waals surface area contributed by atoms with E-state index >= 15 is 0 Å². The van der Waals surface area contributed by atoms with Gasteiger partial charge in [0.25, 0.3) is 0 Å². The first-order valence-corrected chi connectivity index (χ1v) is 12.5. The van der Waals surface area contributed by atoms with Gasteiger partial charge >= 0.3 is 0 Å². The van der Waals surface area contributed by atoms with Crippen LogP contribution in [0, 0.1) is 17.8 Å². The lowest BCUT2D eigenvalue weighted by Gasteiger charge is -2.27. The third-order valence-corrected chi connectivity index (χ3v) is 8.31. The summed E-state index contributed by atoms with van der Waals surface area (Å²) >= 11 is 0. The molecule has 3 saturated heterocycles. The molecule has 0 unspecified atom stereocenters. The summed E-state index contributed by atoms with van der Waals surface area (Å²) in [6, 6.07) is 9.52. The Bertz CT molecular complexity index is 706. The molecule has 1 aromatic rings. The summed E-state index contributed by atoms with van der Waals surface area (Å²) in [4.78, 5) is 17.8. The van der Waals surface area contributed by atoms with Gasteiger partial charge in [-0.1, -0.05) is 30.7 Å². The van der Waals surface area contributed by atoms with Crippen LogP contribution in [0.5, 0.6) is 0 Å². The molecule has 0 radical (unpaired) electrons. The van der Waals surface area contributed by atoms with E-state index in [2.05, 4.69) is 34.1 Å². The van der Waals surface area contributed by atoms with Gasteiger partial charge in [0, 0.05) is 38.8 Å². The van der Waals surface area contributed by atoms with Gasteiger partial charge in [0.1, 0.15) is 0 Å². The molecule has 1 saturated carbocycles. The van der Waals surface area contributed by atoms with E-state index in [9.17, 15) is 4.79 Å². The summed E-state index contributed by atoms with van der Waals surface area (Å²) in [5, 5.41) is 0. The van der Waals surface area contributed by atoms with E-state index in [1.807, 2.05) is 0 Å². The number of piperidine rings is 1. The SMILES string of the molecule is O=C(C1CCOCC1)N1C[C@H]2CC[C@@H](c3ccc(CCN4CCCCC4)cc3)[C@H]2C1. The van der Waals surface area contributed by atoms with E-state index in [4.69, 9.17) is 4.74 Å². The lowest BCUT2D eigenvalue weighted by Crippen LogP contribution is -2.37. The molecule has 0 aromatic heterocycles. The summed E-state index contributed by atoms with van der Waals surface area (Å²) in [5.41, 5.74) is 2.98. The average molecular weight is 411 g/mol. The molecule has 3 atom stereocenters. The van der Waals surface area contributed by atoms with E-state index in [-0.39, 0.29) is 5.92 Å². The van der Waals surface area contributed by atoms with E-state index in [0.717, 1.165) is 39.1 Å². The molecule has 0 spiro atoms. The first kappa shape index (κ1) is 20.5. The van der Waals surface area contributed by atoms with Crippen LogP contribution in [-0.2, 0) is 16.0 Å². The van der Waals surface area contributed by atoms with Crippen molar-refractivity contribution in [2.75, 3.05) is 45.9 Å². The van der Waals surface area contributed by atoms with Gasteiger partial charge in [-0.05, 0) is 86.9 Å². The zero-order valence-electron chi connectivity index (χ0n) is 18.4. The van der Waals surface area contributed by atoms with Crippen molar-refractivity contribution < 1.29 is 9.53 Å². The van der Waals surface area contributed by atoms with Crippen molar-refractivity contribution in [2.24, 2.45) is 17.8 Å². The Balaban J connectivity index is 1.16. The van der Waals surface area contributed by atoms with Gasteiger partial charge in [-0.15, -0.1) is 0 Å². The lowest BCUT2D eigenvalue weighted by molar-refractivity contribution is -0.137. The predicted molar refractivity (Wildman–Crippen MR) is 120 cm³/mol. The first-order valence-electron chi connectivity index (χ1n) is 12.5. The minimum absolute atomic E-state index is 0.204. The number of benzene rings is 1. The third kappa shape index (κ3) is 4.45. The highest BCUT2D eigenvalue weighted by Gasteiger charge is 2.45. The molecule has 30 heavy (non-hydrogen) atoms. The summed E-state index contributed by atoms with van der Waals surface area (Å²) < 4.78 is 5.45. The second kappa shape index (κ2) is 9.40. The molecule has 4 heteroatoms. The number of carbonyl (C=O) groups excluding carboxylic acids is 1. The van der Waals surface area contributed by atoms with Gasteiger partial charge in [-0.2, -0.15) is 0 Å². The molecule has 1 amide bonds. The number of likely N-dealkylation sites (tertiary alicyclic amines) is 2. The average Bonchev–Trinajstić information content (AvgIpc) is 3.40. The second-order valence-electron chi connectivity index (χ2n) is 10.1. The van der Waals surface area contributed by atoms with Crippen molar-refractivity contribution >= 4 is 5.91 Å². The second-order valence-corrected chi connectivity index (χ2v) is 10.1. The summed E-state index contributed by atoms with van der Waals surface area (Å²) in [7, 11) is 0. The number of carbonyl (C=O) groups is 1. The normalized spacial score (nSPS) is 30.5. The number of hydrogen-bond donors (Lipinski definition) is 0. The Hall–Kier alpha value is -1.39. The van der Waals surface area contributed by atoms with Gasteiger partial charge in [0.05, 0.1) is 0 Å². The third-order valence-electron chi connectivity index (χ3n) is 8.31. The first-order chi connectivity index (χ1) is 14.8. The molecular formula is C26H38N2O2. The number of ether oxygens (including phenoxy) is 1. The van der Waals surface area contributed by atoms with Crippen molar-refractivity contribution in [1.82, 2.24) is 9.80 Å². The summed E-state index contributed by atoms with van der Waals surface area (Å²) in [6.45, 7) is 7.25. The van der Waals surface area contributed by atoms with Gasteiger partial charge < -0.3 is 14.5 Å². The fourth-order valence-electron chi connectivity index (χ4n) is 6.46. The highest BCUT2D eigenvalue weighted by Crippen LogP contribution is 2.48. The van der Waals surface area contributed by atoms with E-state index in [0.29, 0.717) is 23.7 Å². The molecule has 0 N–H and O–H groups in total. The maximum Gasteiger partial charge on any atom is 0.225 e. The Labute approximate surface area is 182 Å². The zero-order chi connectivity index (χ0) is 20.3. The molecule has 4 aliphatic rings. The smallest absolute Gasteiger partial charge is 0.225 e. The number of rotatable bonds is 5. The Morgan fingerprint density at radius 3 is 2.47 bits per heavy atom. The Kier molecular flexibility index (Phi) is 6.42. The van der Waals surface area contributed by atoms with E-state index in [1.54, 1.807) is 0 Å². The van der Waals surface area contributed by atoms with Crippen LogP contribution < -0.4 is 0 Å². The number of nitrogens with zero attached hydrogens (tertiary/aromatic N) is 2. The fourth-order valence-corrected chi connectivity index (χ4v) is 6.46. The van der Waals surface area contributed by atoms with Gasteiger partial charge in [-0.25, -0.2) is 0 Å². The highest BCUT2D eigenvalue weighted by atomic mass is 16.5. The number of fused-ring (bicyclic) bond motifs is 1. The zero-order valence-corrected chi connectivity index (χ0v) is 18.4. The maximum absolute atomic E-state index is 13.0. The lowest BCUT2D eigenvalue weighted by atomic mass is 9.86. The molecule has 4 fully saturated rings. The van der Waals surface area contributed by atoms with Crippen LogP contribution in [0.15, 0.2) is 24.3 Å². The van der Waals surface area contributed by atoms with Crippen molar-refractivity contribution in [1.29, 1.82) is 0 Å². The van der Waals surface area contributed by atoms with Crippen LogP contribution in [0.2, 0.25) is 0 Å². The van der Waals surface area contributed by atoms with Crippen LogP contribution >= 0.6 is 0 Å². The summed E-state index contributed by atoms with van der Waals surface area (Å²) in [6.07, 6.45) is 9.72. The maximum atomic E-state index is 13.0. The van der Waals surface area contributed by atoms with Gasteiger partial charge in [-0.3, -0.25) is 4.79 Å². The Morgan fingerprint density at radius 2 is 1.70 bits per heavy atom. The van der Waals surface area contributed by atoms with E-state index < -0.39 is 0 Å². The van der Waals surface area contributed by atoms with Crippen LogP contribution in [0.3, 0.4) is 0 Å². The van der Waals surface area contributed by atoms with Crippen molar-refractivity contribution in [2.45, 2.75) is 57.3 Å². The predicted octanol–water partition coefficient (Wildman–Crippen LogP) is 4.09. The topological polar surface area (TPSA) is 32.8 Å². The monoisotopic (exact) mass is 410 g/mol. The molecule has 1 aliphatic carbocycles. The molecule has 3 aliphatic heterocycles. The minimum atomic E-state index is 0.204. The molecule has 164 valence electrons. The van der Waals surface area contributed by atoms with Crippen molar-refractivity contribution in [3.8, 4) is 0 Å². The summed E-state index contributed by atoms with van der Waals surface area (Å²) in [5.74, 6) is 2.61. The molecule has 4 nitrogen and oxygen atoms in total. The molecule has 3 heterocycles. The Morgan fingerprint density at radius 1 is 0.933 bits per heavy atom. The minimum Gasteiger partial charge on any atom is -0.381 e. The number of hydrogen-bond acceptors (Lipinski definition) is 3. The van der Waals surface area contributed by atoms with Crippen molar-refractivity contribution in [3.05, 3.63) is 35.4 Å². The standard InChI is InChI=1S/C26H38N2O2/c29-26(22-11-16-30-17-12-22)28-18-23-8-9-24(25(23)19-28)21-6-4-20(5-7-21)10-15-27-13-2-1-3-14-27/h4-7,22-25H,1-3,8-19H2/t23-,24+,25+/m1/s1.